The second-order valence-electron chi connectivity index (χ2n) is 6.19. The van der Waals surface area contributed by atoms with E-state index in [1.165, 1.54) is 0 Å². The van der Waals surface area contributed by atoms with Gasteiger partial charge in [0.05, 0.1) is 12.1 Å². The molecular weight excluding hydrogens is 332 g/mol. The lowest BCUT2D eigenvalue weighted by Gasteiger charge is -2.32. The molecule has 2 N–H and O–H groups in total. The first kappa shape index (κ1) is 17.8. The van der Waals surface area contributed by atoms with Crippen LogP contribution in [-0.2, 0) is 0 Å². The maximum Gasteiger partial charge on any atom is 0.412 e. The second-order valence-corrected chi connectivity index (χ2v) is 6.19. The molecule has 0 bridgehead atoms. The summed E-state index contributed by atoms with van der Waals surface area (Å²) in [5.74, 6) is 0.961. The SMILES string of the molecule is O=C(NC1CCCCC1NC(=O)Oc1ccccc1)Oc1ccccc1. The Labute approximate surface area is 152 Å². The van der Waals surface area contributed by atoms with Gasteiger partial charge in [0.15, 0.2) is 0 Å². The monoisotopic (exact) mass is 354 g/mol. The molecule has 1 fully saturated rings. The molecule has 1 aliphatic carbocycles. The Morgan fingerprint density at radius 3 is 1.46 bits per heavy atom. The van der Waals surface area contributed by atoms with Gasteiger partial charge < -0.3 is 20.1 Å². The van der Waals surface area contributed by atoms with Crippen molar-refractivity contribution in [3.8, 4) is 11.5 Å². The summed E-state index contributed by atoms with van der Waals surface area (Å²) in [4.78, 5) is 24.3. The number of hydrogen-bond acceptors (Lipinski definition) is 4. The number of amides is 2. The molecule has 26 heavy (non-hydrogen) atoms. The van der Waals surface area contributed by atoms with Crippen molar-refractivity contribution in [3.63, 3.8) is 0 Å². The lowest BCUT2D eigenvalue weighted by Crippen LogP contribution is -2.54. The Balaban J connectivity index is 1.53. The summed E-state index contributed by atoms with van der Waals surface area (Å²) in [6, 6.07) is 17.4. The normalized spacial score (nSPS) is 19.2. The third-order valence-electron chi connectivity index (χ3n) is 4.28. The number of benzene rings is 2. The van der Waals surface area contributed by atoms with Crippen LogP contribution in [0.3, 0.4) is 0 Å². The molecule has 6 nitrogen and oxygen atoms in total. The van der Waals surface area contributed by atoms with Gasteiger partial charge in [-0.2, -0.15) is 0 Å². The highest BCUT2D eigenvalue weighted by Gasteiger charge is 2.29. The van der Waals surface area contributed by atoms with Crippen molar-refractivity contribution in [1.29, 1.82) is 0 Å². The van der Waals surface area contributed by atoms with Crippen molar-refractivity contribution in [2.75, 3.05) is 0 Å². The first-order valence-electron chi connectivity index (χ1n) is 8.77. The summed E-state index contributed by atoms with van der Waals surface area (Å²) in [5.41, 5.74) is 0. The van der Waals surface area contributed by atoms with E-state index in [-0.39, 0.29) is 12.1 Å². The van der Waals surface area contributed by atoms with E-state index in [0.29, 0.717) is 11.5 Å². The standard InChI is InChI=1S/C20H22N2O4/c23-19(25-15-9-3-1-4-10-15)21-17-13-7-8-14-18(17)22-20(24)26-16-11-5-2-6-12-16/h1-6,9-12,17-18H,7-8,13-14H2,(H,21,23)(H,22,24). The zero-order valence-electron chi connectivity index (χ0n) is 14.4. The van der Waals surface area contributed by atoms with E-state index >= 15 is 0 Å². The number of ether oxygens (including phenoxy) is 2. The van der Waals surface area contributed by atoms with Crippen LogP contribution in [0.15, 0.2) is 60.7 Å². The van der Waals surface area contributed by atoms with Crippen molar-refractivity contribution >= 4 is 12.2 Å². The molecule has 1 aliphatic rings. The van der Waals surface area contributed by atoms with Crippen LogP contribution in [-0.4, -0.2) is 24.3 Å². The molecule has 6 heteroatoms. The number of hydrogen-bond donors (Lipinski definition) is 2. The van der Waals surface area contributed by atoms with Crippen LogP contribution in [0.2, 0.25) is 0 Å². The molecule has 2 atom stereocenters. The fourth-order valence-electron chi connectivity index (χ4n) is 3.03. The minimum atomic E-state index is -0.522. The Morgan fingerprint density at radius 2 is 1.08 bits per heavy atom. The van der Waals surface area contributed by atoms with E-state index in [1.54, 1.807) is 48.5 Å². The molecule has 0 heterocycles. The maximum atomic E-state index is 12.1. The molecule has 0 saturated heterocycles. The fourth-order valence-corrected chi connectivity index (χ4v) is 3.03. The molecule has 2 aromatic rings. The van der Waals surface area contributed by atoms with Gasteiger partial charge in [0, 0.05) is 0 Å². The number of rotatable bonds is 4. The van der Waals surface area contributed by atoms with Crippen LogP contribution in [0.25, 0.3) is 0 Å². The third-order valence-corrected chi connectivity index (χ3v) is 4.28. The Morgan fingerprint density at radius 1 is 0.692 bits per heavy atom. The van der Waals surface area contributed by atoms with Crippen molar-refractivity contribution < 1.29 is 19.1 Å². The lowest BCUT2D eigenvalue weighted by atomic mass is 9.90. The Hall–Kier alpha value is -3.02. The smallest absolute Gasteiger partial charge is 0.410 e. The zero-order valence-corrected chi connectivity index (χ0v) is 14.4. The maximum absolute atomic E-state index is 12.1. The van der Waals surface area contributed by atoms with E-state index < -0.39 is 12.2 Å². The molecule has 1 saturated carbocycles. The van der Waals surface area contributed by atoms with Gasteiger partial charge >= 0.3 is 12.2 Å². The van der Waals surface area contributed by atoms with Crippen molar-refractivity contribution in [2.45, 2.75) is 37.8 Å². The number of carbonyl (C=O) groups is 2. The van der Waals surface area contributed by atoms with Crippen LogP contribution in [0.4, 0.5) is 9.59 Å². The molecule has 2 amide bonds. The minimum Gasteiger partial charge on any atom is -0.410 e. The Kier molecular flexibility index (Phi) is 6.09. The molecule has 0 aliphatic heterocycles. The number of para-hydroxylation sites is 2. The van der Waals surface area contributed by atoms with Crippen molar-refractivity contribution in [2.24, 2.45) is 0 Å². The molecule has 0 aromatic heterocycles. The summed E-state index contributed by atoms with van der Waals surface area (Å²) in [7, 11) is 0. The largest absolute Gasteiger partial charge is 0.412 e. The van der Waals surface area contributed by atoms with Crippen LogP contribution < -0.4 is 20.1 Å². The topological polar surface area (TPSA) is 76.7 Å². The first-order chi connectivity index (χ1) is 12.7. The van der Waals surface area contributed by atoms with Crippen LogP contribution >= 0.6 is 0 Å². The minimum absolute atomic E-state index is 0.191. The summed E-state index contributed by atoms with van der Waals surface area (Å²) in [6.45, 7) is 0. The van der Waals surface area contributed by atoms with E-state index in [4.69, 9.17) is 9.47 Å². The van der Waals surface area contributed by atoms with E-state index in [1.807, 2.05) is 12.1 Å². The summed E-state index contributed by atoms with van der Waals surface area (Å²) >= 11 is 0. The highest BCUT2D eigenvalue weighted by Crippen LogP contribution is 2.20. The number of nitrogens with one attached hydrogen (secondary N) is 2. The van der Waals surface area contributed by atoms with Gasteiger partial charge in [-0.05, 0) is 37.1 Å². The van der Waals surface area contributed by atoms with Gasteiger partial charge in [-0.3, -0.25) is 0 Å². The fraction of sp³-hybridized carbons (Fsp3) is 0.300. The van der Waals surface area contributed by atoms with Crippen LogP contribution in [0.5, 0.6) is 11.5 Å². The van der Waals surface area contributed by atoms with E-state index in [9.17, 15) is 9.59 Å². The van der Waals surface area contributed by atoms with Gasteiger partial charge in [-0.15, -0.1) is 0 Å². The van der Waals surface area contributed by atoms with Gasteiger partial charge in [0.25, 0.3) is 0 Å². The molecule has 2 aromatic carbocycles. The molecule has 2 unspecified atom stereocenters. The lowest BCUT2D eigenvalue weighted by molar-refractivity contribution is 0.173. The first-order valence-corrected chi connectivity index (χ1v) is 8.77. The summed E-state index contributed by atoms with van der Waals surface area (Å²) < 4.78 is 10.5. The average Bonchev–Trinajstić information content (AvgIpc) is 2.65. The quantitative estimate of drug-likeness (QED) is 0.874. The predicted molar refractivity (Wildman–Crippen MR) is 97.2 cm³/mol. The summed E-state index contributed by atoms with van der Waals surface area (Å²) in [6.07, 6.45) is 2.49. The molecule has 0 spiro atoms. The molecular formula is C20H22N2O4. The van der Waals surface area contributed by atoms with Gasteiger partial charge in [-0.1, -0.05) is 49.2 Å². The Bertz CT molecular complexity index is 658. The van der Waals surface area contributed by atoms with Crippen molar-refractivity contribution in [1.82, 2.24) is 10.6 Å². The van der Waals surface area contributed by atoms with Gasteiger partial charge in [-0.25, -0.2) is 9.59 Å². The molecule has 136 valence electrons. The van der Waals surface area contributed by atoms with Crippen molar-refractivity contribution in [3.05, 3.63) is 60.7 Å². The summed E-state index contributed by atoms with van der Waals surface area (Å²) in [5, 5.41) is 5.71. The van der Waals surface area contributed by atoms with Crippen LogP contribution in [0, 0.1) is 0 Å². The highest BCUT2D eigenvalue weighted by atomic mass is 16.6. The second kappa shape index (κ2) is 8.89. The molecule has 0 radical (unpaired) electrons. The number of carbonyl (C=O) groups excluding carboxylic acids is 2. The van der Waals surface area contributed by atoms with E-state index in [0.717, 1.165) is 25.7 Å². The highest BCUT2D eigenvalue weighted by molar-refractivity contribution is 5.72. The zero-order chi connectivity index (χ0) is 18.2. The van der Waals surface area contributed by atoms with Crippen LogP contribution in [0.1, 0.15) is 25.7 Å². The average molecular weight is 354 g/mol. The molecule has 3 rings (SSSR count). The van der Waals surface area contributed by atoms with Gasteiger partial charge in [0.2, 0.25) is 0 Å². The third kappa shape index (κ3) is 5.24. The van der Waals surface area contributed by atoms with Gasteiger partial charge in [0.1, 0.15) is 11.5 Å². The van der Waals surface area contributed by atoms with E-state index in [2.05, 4.69) is 10.6 Å². The predicted octanol–water partition coefficient (Wildman–Crippen LogP) is 3.87.